The molecule has 6 nitrogen and oxygen atoms in total. The van der Waals surface area contributed by atoms with Crippen LogP contribution in [-0.2, 0) is 11.2 Å². The van der Waals surface area contributed by atoms with Gasteiger partial charge in [0.1, 0.15) is 17.1 Å². The summed E-state index contributed by atoms with van der Waals surface area (Å²) < 4.78 is 24.6. The van der Waals surface area contributed by atoms with E-state index in [1.54, 1.807) is 18.2 Å². The highest BCUT2D eigenvalue weighted by molar-refractivity contribution is 6.33. The Morgan fingerprint density at radius 3 is 2.87 bits per heavy atom. The highest BCUT2D eigenvalue weighted by Gasteiger charge is 2.15. The molecule has 30 heavy (non-hydrogen) atoms. The average Bonchev–Trinajstić information content (AvgIpc) is 2.70. The minimum absolute atomic E-state index is 0.0699. The number of hydrazone groups is 1. The van der Waals surface area contributed by atoms with Gasteiger partial charge in [0.05, 0.1) is 11.2 Å². The first-order chi connectivity index (χ1) is 14.4. The van der Waals surface area contributed by atoms with Crippen LogP contribution >= 0.6 is 11.6 Å². The molecule has 1 aromatic heterocycles. The molecule has 3 rings (SSSR count). The van der Waals surface area contributed by atoms with Crippen LogP contribution in [0.3, 0.4) is 0 Å². The number of rotatable bonds is 7. The van der Waals surface area contributed by atoms with Gasteiger partial charge in [-0.3, -0.25) is 4.79 Å². The van der Waals surface area contributed by atoms with E-state index in [-0.39, 0.29) is 10.6 Å². The number of aryl methyl sites for hydroxylation is 1. The molecule has 0 saturated heterocycles. The molecule has 1 atom stereocenters. The van der Waals surface area contributed by atoms with Crippen molar-refractivity contribution < 1.29 is 18.3 Å². The Kier molecular flexibility index (Phi) is 6.84. The number of hydrogen-bond acceptors (Lipinski definition) is 5. The van der Waals surface area contributed by atoms with Gasteiger partial charge in [0.15, 0.2) is 6.10 Å². The molecule has 0 bridgehead atoms. The fraction of sp³-hybridized carbons (Fsp3) is 0.227. The van der Waals surface area contributed by atoms with Gasteiger partial charge < -0.3 is 9.15 Å². The second kappa shape index (κ2) is 9.54. The summed E-state index contributed by atoms with van der Waals surface area (Å²) in [6.07, 6.45) is 1.88. The van der Waals surface area contributed by atoms with Gasteiger partial charge in [-0.05, 0) is 43.2 Å². The molecule has 2 aromatic carbocycles. The Balaban J connectivity index is 1.70. The lowest BCUT2D eigenvalue weighted by atomic mass is 10.1. The quantitative estimate of drug-likeness (QED) is 0.341. The van der Waals surface area contributed by atoms with Gasteiger partial charge in [0.2, 0.25) is 0 Å². The SMILES string of the molecule is CCCc1cc(=O)oc2cc(O[C@H](C)C(=O)N/N=C\c3c(F)cccc3Cl)ccc12. The summed E-state index contributed by atoms with van der Waals surface area (Å²) in [6, 6.07) is 10.8. The van der Waals surface area contributed by atoms with E-state index in [0.29, 0.717) is 11.3 Å². The van der Waals surface area contributed by atoms with Gasteiger partial charge in [-0.1, -0.05) is 31.0 Å². The minimum atomic E-state index is -0.902. The standard InChI is InChI=1S/C22H20ClFN2O4/c1-3-5-14-10-21(27)30-20-11-15(8-9-16(14)20)29-13(2)22(28)26-25-12-17-18(23)6-4-7-19(17)24/h4,6-13H,3,5H2,1-2H3,(H,26,28)/b25-12-/t13-/m1/s1. The molecule has 1 amide bonds. The lowest BCUT2D eigenvalue weighted by Crippen LogP contribution is -2.33. The van der Waals surface area contributed by atoms with Gasteiger partial charge >= 0.3 is 5.63 Å². The lowest BCUT2D eigenvalue weighted by Gasteiger charge is -2.13. The van der Waals surface area contributed by atoms with Crippen LogP contribution in [0, 0.1) is 5.82 Å². The zero-order chi connectivity index (χ0) is 21.7. The predicted molar refractivity (Wildman–Crippen MR) is 114 cm³/mol. The van der Waals surface area contributed by atoms with Gasteiger partial charge in [-0.15, -0.1) is 0 Å². The van der Waals surface area contributed by atoms with Crippen molar-refractivity contribution in [3.63, 3.8) is 0 Å². The van der Waals surface area contributed by atoms with E-state index in [2.05, 4.69) is 10.5 Å². The number of hydrogen-bond donors (Lipinski definition) is 1. The highest BCUT2D eigenvalue weighted by Crippen LogP contribution is 2.24. The summed E-state index contributed by atoms with van der Waals surface area (Å²) in [5.74, 6) is -0.729. The van der Waals surface area contributed by atoms with Crippen LogP contribution in [-0.4, -0.2) is 18.2 Å². The minimum Gasteiger partial charge on any atom is -0.481 e. The van der Waals surface area contributed by atoms with E-state index in [1.165, 1.54) is 31.2 Å². The maximum Gasteiger partial charge on any atom is 0.336 e. The van der Waals surface area contributed by atoms with E-state index < -0.39 is 23.5 Å². The topological polar surface area (TPSA) is 80.9 Å². The molecular weight excluding hydrogens is 411 g/mol. The van der Waals surface area contributed by atoms with Gasteiger partial charge in [-0.25, -0.2) is 14.6 Å². The summed E-state index contributed by atoms with van der Waals surface area (Å²) in [7, 11) is 0. The van der Waals surface area contributed by atoms with Crippen molar-refractivity contribution in [2.24, 2.45) is 5.10 Å². The Bertz CT molecular complexity index is 1140. The fourth-order valence-corrected chi connectivity index (χ4v) is 3.11. The van der Waals surface area contributed by atoms with Crippen LogP contribution in [0.2, 0.25) is 5.02 Å². The van der Waals surface area contributed by atoms with Crippen LogP contribution in [0.15, 0.2) is 56.8 Å². The molecule has 156 valence electrons. The van der Waals surface area contributed by atoms with Crippen molar-refractivity contribution in [1.29, 1.82) is 0 Å². The zero-order valence-electron chi connectivity index (χ0n) is 16.4. The Hall–Kier alpha value is -3.19. The molecular formula is C22H20ClFN2O4. The molecule has 1 heterocycles. The first kappa shape index (κ1) is 21.5. The summed E-state index contributed by atoms with van der Waals surface area (Å²) in [6.45, 7) is 3.57. The molecule has 0 spiro atoms. The van der Waals surface area contributed by atoms with Crippen molar-refractivity contribution in [3.05, 3.63) is 74.9 Å². The third-order valence-electron chi connectivity index (χ3n) is 4.37. The van der Waals surface area contributed by atoms with Gasteiger partial charge in [0, 0.05) is 23.1 Å². The predicted octanol–water partition coefficient (Wildman–Crippen LogP) is 4.46. The number of nitrogens with zero attached hydrogens (tertiary/aromatic N) is 1. The smallest absolute Gasteiger partial charge is 0.336 e. The van der Waals surface area contributed by atoms with Crippen molar-refractivity contribution in [3.8, 4) is 5.75 Å². The number of halogens is 2. The second-order valence-electron chi connectivity index (χ2n) is 6.63. The number of fused-ring (bicyclic) bond motifs is 1. The average molecular weight is 431 g/mol. The molecule has 0 aliphatic carbocycles. The molecule has 0 aliphatic rings. The summed E-state index contributed by atoms with van der Waals surface area (Å²) in [5, 5.41) is 4.73. The number of amides is 1. The summed E-state index contributed by atoms with van der Waals surface area (Å²) in [4.78, 5) is 24.0. The molecule has 0 radical (unpaired) electrons. The number of carbonyl (C=O) groups excluding carboxylic acids is 1. The molecule has 0 fully saturated rings. The van der Waals surface area contributed by atoms with Crippen LogP contribution in [0.4, 0.5) is 4.39 Å². The van der Waals surface area contributed by atoms with Crippen molar-refractivity contribution in [2.75, 3.05) is 0 Å². The molecule has 1 N–H and O–H groups in total. The number of nitrogens with one attached hydrogen (secondary N) is 1. The highest BCUT2D eigenvalue weighted by atomic mass is 35.5. The van der Waals surface area contributed by atoms with E-state index in [1.807, 2.05) is 6.92 Å². The number of benzene rings is 2. The van der Waals surface area contributed by atoms with Crippen LogP contribution in [0.5, 0.6) is 5.75 Å². The largest absolute Gasteiger partial charge is 0.481 e. The lowest BCUT2D eigenvalue weighted by molar-refractivity contribution is -0.127. The zero-order valence-corrected chi connectivity index (χ0v) is 17.2. The van der Waals surface area contributed by atoms with Crippen molar-refractivity contribution >= 4 is 34.7 Å². The first-order valence-corrected chi connectivity index (χ1v) is 9.77. The number of ether oxygens (including phenoxy) is 1. The molecule has 3 aromatic rings. The third-order valence-corrected chi connectivity index (χ3v) is 4.70. The molecule has 0 unspecified atom stereocenters. The normalized spacial score (nSPS) is 12.3. The monoisotopic (exact) mass is 430 g/mol. The Morgan fingerprint density at radius 1 is 1.33 bits per heavy atom. The van der Waals surface area contributed by atoms with Gasteiger partial charge in [-0.2, -0.15) is 5.10 Å². The van der Waals surface area contributed by atoms with E-state index in [0.717, 1.165) is 30.0 Å². The van der Waals surface area contributed by atoms with Crippen LogP contribution in [0.1, 0.15) is 31.4 Å². The fourth-order valence-electron chi connectivity index (χ4n) is 2.90. The summed E-state index contributed by atoms with van der Waals surface area (Å²) >= 11 is 5.90. The van der Waals surface area contributed by atoms with E-state index in [9.17, 15) is 14.0 Å². The first-order valence-electron chi connectivity index (χ1n) is 9.39. The molecule has 0 aliphatic heterocycles. The Labute approximate surface area is 177 Å². The number of carbonyl (C=O) groups is 1. The molecule has 0 saturated carbocycles. The molecule has 8 heteroatoms. The maximum absolute atomic E-state index is 13.7. The third kappa shape index (κ3) is 5.04. The van der Waals surface area contributed by atoms with E-state index >= 15 is 0 Å². The Morgan fingerprint density at radius 2 is 2.13 bits per heavy atom. The van der Waals surface area contributed by atoms with Crippen LogP contribution in [0.25, 0.3) is 11.0 Å². The second-order valence-corrected chi connectivity index (χ2v) is 7.04. The van der Waals surface area contributed by atoms with E-state index in [4.69, 9.17) is 20.8 Å². The van der Waals surface area contributed by atoms with Gasteiger partial charge in [0.25, 0.3) is 5.91 Å². The van der Waals surface area contributed by atoms with Crippen molar-refractivity contribution in [2.45, 2.75) is 32.8 Å². The summed E-state index contributed by atoms with van der Waals surface area (Å²) in [5.41, 5.74) is 3.22. The van der Waals surface area contributed by atoms with Crippen LogP contribution < -0.4 is 15.8 Å². The van der Waals surface area contributed by atoms with Crippen molar-refractivity contribution in [1.82, 2.24) is 5.43 Å². The maximum atomic E-state index is 13.7.